The van der Waals surface area contributed by atoms with Crippen LogP contribution in [0.3, 0.4) is 0 Å². The Labute approximate surface area is 191 Å². The van der Waals surface area contributed by atoms with Crippen LogP contribution in [0.25, 0.3) is 11.0 Å². The molecule has 0 aliphatic carbocycles. The molecule has 32 heavy (non-hydrogen) atoms. The van der Waals surface area contributed by atoms with Crippen molar-refractivity contribution < 1.29 is 27.7 Å². The molecule has 4 aromatic rings. The molecule has 1 unspecified atom stereocenters. The lowest BCUT2D eigenvalue weighted by molar-refractivity contribution is -0.380. The molecule has 0 saturated carbocycles. The zero-order chi connectivity index (χ0) is 22.0. The number of fused-ring (bicyclic) bond motifs is 1. The van der Waals surface area contributed by atoms with Gasteiger partial charge in [-0.15, -0.1) is 0 Å². The van der Waals surface area contributed by atoms with Crippen LogP contribution in [0.4, 0.5) is 11.4 Å². The van der Waals surface area contributed by atoms with Gasteiger partial charge in [-0.25, -0.2) is 0 Å². The van der Waals surface area contributed by atoms with Crippen LogP contribution in [0, 0.1) is 4.91 Å². The van der Waals surface area contributed by atoms with E-state index in [0.717, 1.165) is 0 Å². The van der Waals surface area contributed by atoms with Crippen LogP contribution in [0.2, 0.25) is 5.02 Å². The Kier molecular flexibility index (Phi) is 7.09. The van der Waals surface area contributed by atoms with Crippen molar-refractivity contribution in [3.05, 3.63) is 88.3 Å². The molecule has 11 heteroatoms. The Morgan fingerprint density at radius 1 is 1.00 bits per heavy atom. The standard InChI is InChI=1S/C21H15ClN2O5S2.H2O/c22-16-9-10-20(30(26)13-15-6-1-3-7-17(15)23-25)18(12-16)24-31(27,28)21-11-14-5-2-4-8-19(14)29-21;/h1-12,24H,13H2;1H2. The van der Waals surface area contributed by atoms with Gasteiger partial charge in [0.2, 0.25) is 5.09 Å². The van der Waals surface area contributed by atoms with Gasteiger partial charge in [0.15, 0.2) is 0 Å². The number of nitrogens with one attached hydrogen (secondary N) is 2. The van der Waals surface area contributed by atoms with E-state index < -0.39 is 20.8 Å². The summed E-state index contributed by atoms with van der Waals surface area (Å²) in [6, 6.07) is 19.4. The Morgan fingerprint density at radius 3 is 2.47 bits per heavy atom. The van der Waals surface area contributed by atoms with Crippen molar-refractivity contribution in [2.45, 2.75) is 15.7 Å². The molecule has 0 bridgehead atoms. The van der Waals surface area contributed by atoms with E-state index in [-0.39, 0.29) is 31.9 Å². The van der Waals surface area contributed by atoms with Crippen LogP contribution in [0.5, 0.6) is 0 Å². The second-order valence-electron chi connectivity index (χ2n) is 6.60. The van der Waals surface area contributed by atoms with E-state index in [2.05, 4.69) is 4.72 Å². The molecule has 3 N–H and O–H groups in total. The largest absolute Gasteiger partial charge is 0.870 e. The predicted molar refractivity (Wildman–Crippen MR) is 121 cm³/mol. The maximum Gasteiger partial charge on any atom is 0.295 e. The number of nitroso groups, excluding NO2 is 1. The minimum atomic E-state index is -4.11. The Bertz CT molecular complexity index is 1390. The fourth-order valence-electron chi connectivity index (χ4n) is 3.03. The summed E-state index contributed by atoms with van der Waals surface area (Å²) >= 11 is 6.06. The maximum atomic E-state index is 13.1. The minimum absolute atomic E-state index is 0. The number of benzene rings is 3. The van der Waals surface area contributed by atoms with Crippen molar-refractivity contribution in [2.75, 3.05) is 4.72 Å². The summed E-state index contributed by atoms with van der Waals surface area (Å²) in [5.41, 5.74) is 1.34. The molecule has 0 aliphatic heterocycles. The molecule has 4 rings (SSSR count). The number of furan rings is 1. The van der Waals surface area contributed by atoms with E-state index in [4.69, 9.17) is 16.0 Å². The smallest absolute Gasteiger partial charge is 0.295 e. The highest BCUT2D eigenvalue weighted by atomic mass is 35.5. The Morgan fingerprint density at radius 2 is 1.72 bits per heavy atom. The van der Waals surface area contributed by atoms with Gasteiger partial charge in [0.1, 0.15) is 5.58 Å². The fraction of sp³-hybridized carbons (Fsp3) is 0.0476. The molecule has 0 amide bonds. The monoisotopic (exact) mass is 492 g/mol. The average molecular weight is 493 g/mol. The summed E-state index contributed by atoms with van der Waals surface area (Å²) in [5, 5.41) is 2.45. The molecule has 0 fully saturated rings. The summed E-state index contributed by atoms with van der Waals surface area (Å²) in [4.78, 5) is 11.4. The second kappa shape index (κ2) is 9.61. The third kappa shape index (κ3) is 4.89. The highest BCUT2D eigenvalue weighted by Crippen LogP contribution is 2.30. The summed E-state index contributed by atoms with van der Waals surface area (Å²) in [6.45, 7) is 0. The number of hydrogen-bond acceptors (Lipinski definition) is 6. The molecule has 1 heterocycles. The topological polar surface area (TPSA) is 137 Å². The van der Waals surface area contributed by atoms with E-state index in [1.807, 2.05) is 5.18 Å². The molecular weight excluding hydrogens is 476 g/mol. The van der Waals surface area contributed by atoms with Gasteiger partial charge >= 0.3 is 0 Å². The third-order valence-electron chi connectivity index (χ3n) is 4.51. The first kappa shape index (κ1) is 23.6. The number of sulfonamides is 1. The van der Waals surface area contributed by atoms with E-state index in [1.165, 1.54) is 24.3 Å². The van der Waals surface area contributed by atoms with Crippen molar-refractivity contribution in [3.63, 3.8) is 0 Å². The van der Waals surface area contributed by atoms with Gasteiger partial charge in [0.05, 0.1) is 27.1 Å². The molecule has 166 valence electrons. The van der Waals surface area contributed by atoms with E-state index >= 15 is 0 Å². The molecule has 0 saturated heterocycles. The van der Waals surface area contributed by atoms with Crippen molar-refractivity contribution in [3.8, 4) is 0 Å². The van der Waals surface area contributed by atoms with Crippen molar-refractivity contribution in [1.29, 1.82) is 0 Å². The van der Waals surface area contributed by atoms with Gasteiger partial charge in [0.25, 0.3) is 15.7 Å². The first-order valence-electron chi connectivity index (χ1n) is 9.03. The van der Waals surface area contributed by atoms with Gasteiger partial charge < -0.3 is 9.89 Å². The molecule has 0 radical (unpaired) electrons. The minimum Gasteiger partial charge on any atom is -0.870 e. The van der Waals surface area contributed by atoms with Gasteiger partial charge in [-0.3, -0.25) is 8.93 Å². The SMILES string of the molecule is O=[NH+]c1ccccc1CS(=O)c1ccc(Cl)cc1NS(=O)(=O)c1cc2ccccc2o1.[OH-]. The lowest BCUT2D eigenvalue weighted by Crippen LogP contribution is -2.56. The molecule has 8 nitrogen and oxygen atoms in total. The molecule has 0 aliphatic rings. The molecular formula is C21H17ClN2O6S2. The quantitative estimate of drug-likeness (QED) is 0.405. The zero-order valence-corrected chi connectivity index (χ0v) is 18.7. The molecule has 3 aromatic carbocycles. The van der Waals surface area contributed by atoms with Crippen LogP contribution in [0.15, 0.2) is 87.2 Å². The Balaban J connectivity index is 0.00000289. The van der Waals surface area contributed by atoms with Crippen LogP contribution in [-0.4, -0.2) is 18.1 Å². The Hall–Kier alpha value is -3.05. The number of para-hydroxylation sites is 2. The van der Waals surface area contributed by atoms with Crippen LogP contribution in [-0.2, 0) is 26.6 Å². The lowest BCUT2D eigenvalue weighted by atomic mass is 10.2. The van der Waals surface area contributed by atoms with Crippen molar-refractivity contribution in [2.24, 2.45) is 0 Å². The number of anilines is 1. The number of hydrogen-bond donors (Lipinski definition) is 2. The first-order chi connectivity index (χ1) is 14.9. The molecule has 1 aromatic heterocycles. The van der Waals surface area contributed by atoms with E-state index in [1.54, 1.807) is 48.5 Å². The van der Waals surface area contributed by atoms with Crippen molar-refractivity contribution >= 4 is 54.8 Å². The highest BCUT2D eigenvalue weighted by molar-refractivity contribution is 7.92. The zero-order valence-electron chi connectivity index (χ0n) is 16.3. The predicted octanol–water partition coefficient (Wildman–Crippen LogP) is 3.50. The van der Waals surface area contributed by atoms with Crippen LogP contribution >= 0.6 is 11.6 Å². The lowest BCUT2D eigenvalue weighted by Gasteiger charge is -2.12. The third-order valence-corrected chi connectivity index (χ3v) is 7.39. The van der Waals surface area contributed by atoms with Crippen LogP contribution < -0.4 is 9.90 Å². The maximum absolute atomic E-state index is 13.1. The van der Waals surface area contributed by atoms with Crippen LogP contribution in [0.1, 0.15) is 5.56 Å². The molecule has 1 atom stereocenters. The molecule has 0 spiro atoms. The van der Waals surface area contributed by atoms with E-state index in [9.17, 15) is 17.5 Å². The summed E-state index contributed by atoms with van der Waals surface area (Å²) in [5.74, 6) is 0.00636. The normalized spacial score (nSPS) is 12.2. The second-order valence-corrected chi connectivity index (χ2v) is 10.1. The van der Waals surface area contributed by atoms with Gasteiger partial charge in [-0.1, -0.05) is 48.0 Å². The average Bonchev–Trinajstić information content (AvgIpc) is 3.19. The van der Waals surface area contributed by atoms with Gasteiger partial charge in [0, 0.05) is 38.2 Å². The van der Waals surface area contributed by atoms with Crippen molar-refractivity contribution in [1.82, 2.24) is 0 Å². The van der Waals surface area contributed by atoms with Gasteiger partial charge in [-0.2, -0.15) is 8.42 Å². The summed E-state index contributed by atoms with van der Waals surface area (Å²) in [6.07, 6.45) is 0. The summed E-state index contributed by atoms with van der Waals surface area (Å²) < 4.78 is 46.8. The van der Waals surface area contributed by atoms with Gasteiger partial charge in [-0.05, 0) is 24.3 Å². The number of rotatable bonds is 7. The highest BCUT2D eigenvalue weighted by Gasteiger charge is 2.23. The van der Waals surface area contributed by atoms with E-state index in [0.29, 0.717) is 22.2 Å². The fourth-order valence-corrected chi connectivity index (χ4v) is 5.57. The summed E-state index contributed by atoms with van der Waals surface area (Å²) in [7, 11) is -5.77. The first-order valence-corrected chi connectivity index (χ1v) is 12.2. The number of halogens is 1.